The molecule has 0 aromatic heterocycles. The predicted octanol–water partition coefficient (Wildman–Crippen LogP) is 3.88. The minimum Gasteiger partial charge on any atom is -0.508 e. The number of hydrogen-bond acceptors (Lipinski definition) is 4. The van der Waals surface area contributed by atoms with Crippen LogP contribution in [0.4, 0.5) is 4.79 Å². The molecule has 0 saturated heterocycles. The van der Waals surface area contributed by atoms with Crippen LogP contribution in [0.5, 0.6) is 11.5 Å². The van der Waals surface area contributed by atoms with Crippen molar-refractivity contribution in [2.75, 3.05) is 7.11 Å². The Morgan fingerprint density at radius 3 is 2.52 bits per heavy atom. The van der Waals surface area contributed by atoms with E-state index in [1.807, 2.05) is 31.2 Å². The Morgan fingerprint density at radius 2 is 1.81 bits per heavy atom. The lowest BCUT2D eigenvalue weighted by Crippen LogP contribution is -2.09. The van der Waals surface area contributed by atoms with Gasteiger partial charge in [-0.3, -0.25) is 0 Å². The lowest BCUT2D eigenvalue weighted by atomic mass is 9.92. The van der Waals surface area contributed by atoms with Crippen molar-refractivity contribution in [1.82, 2.24) is 0 Å². The molecular weight excluding hydrogens is 268 g/mol. The van der Waals surface area contributed by atoms with Crippen LogP contribution in [0.1, 0.15) is 24.0 Å². The van der Waals surface area contributed by atoms with Gasteiger partial charge in [0.1, 0.15) is 11.5 Å². The van der Waals surface area contributed by atoms with Crippen molar-refractivity contribution < 1.29 is 19.4 Å². The zero-order valence-corrected chi connectivity index (χ0v) is 12.1. The summed E-state index contributed by atoms with van der Waals surface area (Å²) in [4.78, 5) is 11.3. The van der Waals surface area contributed by atoms with Gasteiger partial charge in [-0.05, 0) is 35.6 Å². The van der Waals surface area contributed by atoms with Gasteiger partial charge in [-0.25, -0.2) is 4.79 Å². The third-order valence-corrected chi connectivity index (χ3v) is 3.33. The molecule has 2 aromatic rings. The summed E-state index contributed by atoms with van der Waals surface area (Å²) in [6.45, 7) is 2.02. The Balaban J connectivity index is 2.19. The molecule has 0 aliphatic heterocycles. The summed E-state index contributed by atoms with van der Waals surface area (Å²) in [5.41, 5.74) is 1.75. The Bertz CT molecular complexity index is 622. The maximum Gasteiger partial charge on any atom is 0.513 e. The van der Waals surface area contributed by atoms with Crippen LogP contribution in [-0.4, -0.2) is 18.4 Å². The fourth-order valence-electron chi connectivity index (χ4n) is 2.25. The quantitative estimate of drug-likeness (QED) is 0.684. The molecule has 4 heteroatoms. The van der Waals surface area contributed by atoms with Gasteiger partial charge in [0.25, 0.3) is 0 Å². The van der Waals surface area contributed by atoms with Crippen LogP contribution in [0.25, 0.3) is 0 Å². The van der Waals surface area contributed by atoms with Crippen molar-refractivity contribution in [3.8, 4) is 11.5 Å². The Morgan fingerprint density at radius 1 is 1.14 bits per heavy atom. The fraction of sp³-hybridized carbons (Fsp3) is 0.235. The van der Waals surface area contributed by atoms with E-state index in [2.05, 4.69) is 4.74 Å². The number of phenolic OH excluding ortho intramolecular Hbond substituents is 1. The third-order valence-electron chi connectivity index (χ3n) is 3.33. The maximum absolute atomic E-state index is 11.3. The van der Waals surface area contributed by atoms with Gasteiger partial charge in [0.05, 0.1) is 7.11 Å². The number of hydrogen-bond donors (Lipinski definition) is 1. The second-order valence-corrected chi connectivity index (χ2v) is 4.83. The van der Waals surface area contributed by atoms with Crippen molar-refractivity contribution >= 4 is 6.16 Å². The molecule has 1 N–H and O–H groups in total. The van der Waals surface area contributed by atoms with Gasteiger partial charge >= 0.3 is 6.16 Å². The van der Waals surface area contributed by atoms with E-state index in [0.717, 1.165) is 11.1 Å². The summed E-state index contributed by atoms with van der Waals surface area (Å²) < 4.78 is 9.65. The third kappa shape index (κ3) is 3.75. The molecule has 0 aliphatic carbocycles. The standard InChI is InChI=1S/C17H18O4/c1-12(14-8-4-5-9-15(14)18)11-13-7-3-6-10-16(13)21-17(19)20-2/h3-10,12,18H,11H2,1-2H3. The minimum atomic E-state index is -0.738. The molecule has 21 heavy (non-hydrogen) atoms. The Labute approximate surface area is 123 Å². The molecule has 0 radical (unpaired) electrons. The number of carbonyl (C=O) groups is 1. The molecule has 0 amide bonds. The first-order chi connectivity index (χ1) is 10.1. The highest BCUT2D eigenvalue weighted by molar-refractivity contribution is 5.64. The molecule has 0 spiro atoms. The van der Waals surface area contributed by atoms with Crippen LogP contribution in [0.3, 0.4) is 0 Å². The smallest absolute Gasteiger partial charge is 0.508 e. The molecule has 110 valence electrons. The molecule has 2 aromatic carbocycles. The van der Waals surface area contributed by atoms with Crippen LogP contribution in [0, 0.1) is 0 Å². The maximum atomic E-state index is 11.3. The second kappa shape index (κ2) is 6.79. The van der Waals surface area contributed by atoms with E-state index >= 15 is 0 Å². The van der Waals surface area contributed by atoms with E-state index in [-0.39, 0.29) is 11.7 Å². The first-order valence-electron chi connectivity index (χ1n) is 6.73. The van der Waals surface area contributed by atoms with Crippen LogP contribution in [0.2, 0.25) is 0 Å². The van der Waals surface area contributed by atoms with E-state index in [1.165, 1.54) is 7.11 Å². The number of carbonyl (C=O) groups excluding carboxylic acids is 1. The normalized spacial score (nSPS) is 11.7. The first kappa shape index (κ1) is 14.9. The highest BCUT2D eigenvalue weighted by Crippen LogP contribution is 2.30. The summed E-state index contributed by atoms with van der Waals surface area (Å²) >= 11 is 0. The minimum absolute atomic E-state index is 0.0913. The second-order valence-electron chi connectivity index (χ2n) is 4.83. The molecule has 0 heterocycles. The largest absolute Gasteiger partial charge is 0.513 e. The van der Waals surface area contributed by atoms with Gasteiger partial charge < -0.3 is 14.6 Å². The van der Waals surface area contributed by atoms with Crippen molar-refractivity contribution in [3.63, 3.8) is 0 Å². The molecule has 1 unspecified atom stereocenters. The average molecular weight is 286 g/mol. The predicted molar refractivity (Wildman–Crippen MR) is 79.7 cm³/mol. The summed E-state index contributed by atoms with van der Waals surface area (Å²) in [6, 6.07) is 14.6. The molecule has 0 saturated carbocycles. The number of para-hydroxylation sites is 2. The number of aromatic hydroxyl groups is 1. The molecule has 4 nitrogen and oxygen atoms in total. The van der Waals surface area contributed by atoms with Gasteiger partial charge in [-0.1, -0.05) is 43.3 Å². The van der Waals surface area contributed by atoms with E-state index < -0.39 is 6.16 Å². The average Bonchev–Trinajstić information content (AvgIpc) is 2.49. The van der Waals surface area contributed by atoms with Crippen molar-refractivity contribution in [1.29, 1.82) is 0 Å². The Hall–Kier alpha value is -2.49. The SMILES string of the molecule is COC(=O)Oc1ccccc1CC(C)c1ccccc1O. The number of methoxy groups -OCH3 is 1. The summed E-state index contributed by atoms with van der Waals surface area (Å²) in [6.07, 6.45) is -0.0947. The molecule has 1 atom stereocenters. The van der Waals surface area contributed by atoms with Gasteiger partial charge in [0.15, 0.2) is 0 Å². The highest BCUT2D eigenvalue weighted by Gasteiger charge is 2.15. The molecule has 2 rings (SSSR count). The first-order valence-corrected chi connectivity index (χ1v) is 6.73. The van der Waals surface area contributed by atoms with Gasteiger partial charge in [0, 0.05) is 0 Å². The monoisotopic (exact) mass is 286 g/mol. The van der Waals surface area contributed by atoms with Crippen molar-refractivity contribution in [2.45, 2.75) is 19.3 Å². The van der Waals surface area contributed by atoms with E-state index in [1.54, 1.807) is 24.3 Å². The van der Waals surface area contributed by atoms with E-state index in [9.17, 15) is 9.90 Å². The molecule has 0 fully saturated rings. The van der Waals surface area contributed by atoms with Crippen molar-refractivity contribution in [3.05, 3.63) is 59.7 Å². The summed E-state index contributed by atoms with van der Waals surface area (Å²) in [5.74, 6) is 0.844. The molecule has 0 bridgehead atoms. The lowest BCUT2D eigenvalue weighted by Gasteiger charge is -2.15. The van der Waals surface area contributed by atoms with Crippen LogP contribution >= 0.6 is 0 Å². The number of ether oxygens (including phenoxy) is 2. The summed E-state index contributed by atoms with van der Waals surface area (Å²) in [5, 5.41) is 9.91. The van der Waals surface area contributed by atoms with Crippen LogP contribution < -0.4 is 4.74 Å². The zero-order valence-electron chi connectivity index (χ0n) is 12.1. The number of phenols is 1. The van der Waals surface area contributed by atoms with Gasteiger partial charge in [-0.2, -0.15) is 0 Å². The van der Waals surface area contributed by atoms with Crippen LogP contribution in [-0.2, 0) is 11.2 Å². The van der Waals surface area contributed by atoms with Crippen LogP contribution in [0.15, 0.2) is 48.5 Å². The van der Waals surface area contributed by atoms with E-state index in [4.69, 9.17) is 4.74 Å². The Kier molecular flexibility index (Phi) is 4.82. The number of benzene rings is 2. The topological polar surface area (TPSA) is 55.8 Å². The highest BCUT2D eigenvalue weighted by atomic mass is 16.7. The summed E-state index contributed by atoms with van der Waals surface area (Å²) in [7, 11) is 1.27. The van der Waals surface area contributed by atoms with Gasteiger partial charge in [0.2, 0.25) is 0 Å². The molecule has 0 aliphatic rings. The fourth-order valence-corrected chi connectivity index (χ4v) is 2.25. The van der Waals surface area contributed by atoms with Gasteiger partial charge in [-0.15, -0.1) is 0 Å². The zero-order chi connectivity index (χ0) is 15.2. The molecular formula is C17H18O4. The number of rotatable bonds is 4. The lowest BCUT2D eigenvalue weighted by molar-refractivity contribution is 0.121. The van der Waals surface area contributed by atoms with Crippen molar-refractivity contribution in [2.24, 2.45) is 0 Å². The van der Waals surface area contributed by atoms with E-state index in [0.29, 0.717) is 12.2 Å².